The molecule has 0 aliphatic rings. The molecule has 1 aromatic heterocycles. The molecule has 0 saturated heterocycles. The summed E-state index contributed by atoms with van der Waals surface area (Å²) < 4.78 is 5.24. The normalized spacial score (nSPS) is 10.5. The van der Waals surface area contributed by atoms with Gasteiger partial charge in [0.05, 0.1) is 5.69 Å². The molecule has 2 aromatic rings. The first kappa shape index (κ1) is 14.0. The van der Waals surface area contributed by atoms with E-state index in [-0.39, 0.29) is 12.6 Å². The fraction of sp³-hybridized carbons (Fsp3) is 0.231. The number of carbonyl (C=O) groups excluding carboxylic acids is 1. The highest BCUT2D eigenvalue weighted by Crippen LogP contribution is 2.19. The van der Waals surface area contributed by atoms with Gasteiger partial charge in [-0.15, -0.1) is 11.3 Å². The molecule has 0 bridgehead atoms. The van der Waals surface area contributed by atoms with E-state index in [0.717, 1.165) is 10.6 Å². The summed E-state index contributed by atoms with van der Waals surface area (Å²) >= 11 is 7.06. The van der Waals surface area contributed by atoms with Crippen molar-refractivity contribution in [3.05, 3.63) is 50.4 Å². The number of nitrogens with two attached hydrogens (primary N) is 1. The van der Waals surface area contributed by atoms with E-state index in [0.29, 0.717) is 22.1 Å². The van der Waals surface area contributed by atoms with Crippen molar-refractivity contribution in [3.8, 4) is 0 Å². The first-order chi connectivity index (χ1) is 9.10. The molecule has 0 aliphatic heterocycles. The maximum absolute atomic E-state index is 11.9. The Balaban J connectivity index is 2.01. The standard InChI is InChI=1S/C13H13ClN2O2S/c1-8-12(19-11(6-15)16-8)13(17)18-7-9-2-4-10(14)5-3-9/h2-5H,6-7,15H2,1H3. The number of esters is 1. The minimum absolute atomic E-state index is 0.214. The van der Waals surface area contributed by atoms with Crippen LogP contribution in [0.4, 0.5) is 0 Å². The van der Waals surface area contributed by atoms with Crippen LogP contribution < -0.4 is 5.73 Å². The topological polar surface area (TPSA) is 65.2 Å². The van der Waals surface area contributed by atoms with Gasteiger partial charge in [0, 0.05) is 11.6 Å². The largest absolute Gasteiger partial charge is 0.457 e. The number of benzene rings is 1. The SMILES string of the molecule is Cc1nc(CN)sc1C(=O)OCc1ccc(Cl)cc1. The van der Waals surface area contributed by atoms with E-state index in [1.54, 1.807) is 19.1 Å². The lowest BCUT2D eigenvalue weighted by Crippen LogP contribution is -2.04. The molecule has 0 unspecified atom stereocenters. The predicted molar refractivity (Wildman–Crippen MR) is 75.3 cm³/mol. The second-order valence-corrected chi connectivity index (χ2v) is 5.45. The maximum Gasteiger partial charge on any atom is 0.350 e. The minimum atomic E-state index is -0.371. The van der Waals surface area contributed by atoms with Gasteiger partial charge in [-0.05, 0) is 24.6 Å². The first-order valence-electron chi connectivity index (χ1n) is 5.68. The van der Waals surface area contributed by atoms with Gasteiger partial charge in [0.15, 0.2) is 0 Å². The average Bonchev–Trinajstić information content (AvgIpc) is 2.79. The molecule has 1 aromatic carbocycles. The van der Waals surface area contributed by atoms with Gasteiger partial charge in [-0.25, -0.2) is 9.78 Å². The van der Waals surface area contributed by atoms with Gasteiger partial charge in [-0.1, -0.05) is 23.7 Å². The highest BCUT2D eigenvalue weighted by molar-refractivity contribution is 7.13. The minimum Gasteiger partial charge on any atom is -0.457 e. The van der Waals surface area contributed by atoms with Crippen molar-refractivity contribution in [2.75, 3.05) is 0 Å². The molecule has 0 aliphatic carbocycles. The summed E-state index contributed by atoms with van der Waals surface area (Å²) in [4.78, 5) is 16.6. The Morgan fingerprint density at radius 3 is 2.68 bits per heavy atom. The fourth-order valence-electron chi connectivity index (χ4n) is 1.52. The van der Waals surface area contributed by atoms with E-state index < -0.39 is 0 Å². The van der Waals surface area contributed by atoms with E-state index in [1.165, 1.54) is 11.3 Å². The molecule has 100 valence electrons. The zero-order valence-electron chi connectivity index (χ0n) is 10.4. The Kier molecular flexibility index (Phi) is 4.52. The lowest BCUT2D eigenvalue weighted by atomic mass is 10.2. The molecule has 0 radical (unpaired) electrons. The Morgan fingerprint density at radius 1 is 1.42 bits per heavy atom. The summed E-state index contributed by atoms with van der Waals surface area (Å²) in [5.41, 5.74) is 7.04. The number of carbonyl (C=O) groups is 1. The number of hydrogen-bond acceptors (Lipinski definition) is 5. The number of aryl methyl sites for hydroxylation is 1. The molecule has 19 heavy (non-hydrogen) atoms. The molecule has 2 N–H and O–H groups in total. The van der Waals surface area contributed by atoms with Crippen LogP contribution in [0.15, 0.2) is 24.3 Å². The Labute approximate surface area is 120 Å². The van der Waals surface area contributed by atoms with Gasteiger partial charge >= 0.3 is 5.97 Å². The van der Waals surface area contributed by atoms with Crippen LogP contribution in [0.2, 0.25) is 5.02 Å². The Bertz CT molecular complexity index is 581. The van der Waals surface area contributed by atoms with Gasteiger partial charge in [-0.3, -0.25) is 0 Å². The van der Waals surface area contributed by atoms with Crippen LogP contribution >= 0.6 is 22.9 Å². The first-order valence-corrected chi connectivity index (χ1v) is 6.87. The summed E-state index contributed by atoms with van der Waals surface area (Å²) in [5, 5.41) is 1.39. The van der Waals surface area contributed by atoms with E-state index >= 15 is 0 Å². The van der Waals surface area contributed by atoms with Crippen molar-refractivity contribution in [2.45, 2.75) is 20.1 Å². The highest BCUT2D eigenvalue weighted by Gasteiger charge is 2.16. The van der Waals surface area contributed by atoms with Crippen LogP contribution in [0, 0.1) is 6.92 Å². The number of hydrogen-bond donors (Lipinski definition) is 1. The molecule has 4 nitrogen and oxygen atoms in total. The zero-order chi connectivity index (χ0) is 13.8. The van der Waals surface area contributed by atoms with Crippen molar-refractivity contribution < 1.29 is 9.53 Å². The van der Waals surface area contributed by atoms with Crippen LogP contribution in [-0.4, -0.2) is 11.0 Å². The quantitative estimate of drug-likeness (QED) is 0.881. The molecule has 0 spiro atoms. The lowest BCUT2D eigenvalue weighted by Gasteiger charge is -2.03. The van der Waals surface area contributed by atoms with Crippen molar-refractivity contribution in [1.29, 1.82) is 0 Å². The van der Waals surface area contributed by atoms with Crippen molar-refractivity contribution in [1.82, 2.24) is 4.98 Å². The summed E-state index contributed by atoms with van der Waals surface area (Å²) in [5.74, 6) is -0.371. The van der Waals surface area contributed by atoms with Crippen LogP contribution in [0.3, 0.4) is 0 Å². The number of ether oxygens (including phenoxy) is 1. The third-order valence-electron chi connectivity index (χ3n) is 2.48. The van der Waals surface area contributed by atoms with Gasteiger partial charge < -0.3 is 10.5 Å². The molecule has 1 heterocycles. The Morgan fingerprint density at radius 2 is 2.11 bits per heavy atom. The average molecular weight is 297 g/mol. The third-order valence-corrected chi connectivity index (χ3v) is 3.90. The van der Waals surface area contributed by atoms with Crippen molar-refractivity contribution in [2.24, 2.45) is 5.73 Å². The smallest absolute Gasteiger partial charge is 0.350 e. The number of thiazole rings is 1. The van der Waals surface area contributed by atoms with E-state index in [1.807, 2.05) is 12.1 Å². The molecule has 0 fully saturated rings. The molecular formula is C13H13ClN2O2S. The van der Waals surface area contributed by atoms with E-state index in [2.05, 4.69) is 4.98 Å². The van der Waals surface area contributed by atoms with Crippen LogP contribution in [0.1, 0.15) is 25.9 Å². The summed E-state index contributed by atoms with van der Waals surface area (Å²) in [6.07, 6.45) is 0. The molecule has 0 atom stereocenters. The monoisotopic (exact) mass is 296 g/mol. The predicted octanol–water partition coefficient (Wildman–Crippen LogP) is 2.92. The number of halogens is 1. The van der Waals surface area contributed by atoms with Gasteiger partial charge in [-0.2, -0.15) is 0 Å². The van der Waals surface area contributed by atoms with Gasteiger partial charge in [0.25, 0.3) is 0 Å². The number of aromatic nitrogens is 1. The van der Waals surface area contributed by atoms with E-state index in [9.17, 15) is 4.79 Å². The van der Waals surface area contributed by atoms with Crippen molar-refractivity contribution >= 4 is 28.9 Å². The third kappa shape index (κ3) is 3.53. The number of rotatable bonds is 4. The van der Waals surface area contributed by atoms with Gasteiger partial charge in [0.2, 0.25) is 0 Å². The van der Waals surface area contributed by atoms with Crippen LogP contribution in [0.5, 0.6) is 0 Å². The Hall–Kier alpha value is -1.43. The maximum atomic E-state index is 11.9. The van der Waals surface area contributed by atoms with Crippen LogP contribution in [-0.2, 0) is 17.9 Å². The van der Waals surface area contributed by atoms with Gasteiger partial charge in [0.1, 0.15) is 16.5 Å². The second-order valence-electron chi connectivity index (χ2n) is 3.93. The summed E-state index contributed by atoms with van der Waals surface area (Å²) in [6.45, 7) is 2.32. The summed E-state index contributed by atoms with van der Waals surface area (Å²) in [7, 11) is 0. The number of nitrogens with zero attached hydrogens (tertiary/aromatic N) is 1. The molecule has 2 rings (SSSR count). The van der Waals surface area contributed by atoms with Crippen LogP contribution in [0.25, 0.3) is 0 Å². The molecule has 0 saturated carbocycles. The molecule has 0 amide bonds. The molecule has 6 heteroatoms. The molecular weight excluding hydrogens is 284 g/mol. The second kappa shape index (κ2) is 6.14. The lowest BCUT2D eigenvalue weighted by molar-refractivity contribution is 0.0477. The zero-order valence-corrected chi connectivity index (χ0v) is 11.9. The highest BCUT2D eigenvalue weighted by atomic mass is 35.5. The summed E-state index contributed by atoms with van der Waals surface area (Å²) in [6, 6.07) is 7.16. The van der Waals surface area contributed by atoms with E-state index in [4.69, 9.17) is 22.1 Å². The fourth-order valence-corrected chi connectivity index (χ4v) is 2.49. The van der Waals surface area contributed by atoms with Crippen molar-refractivity contribution in [3.63, 3.8) is 0 Å².